The molecule has 3 rings (SSSR count). The Morgan fingerprint density at radius 3 is 2.31 bits per heavy atom. The molecule has 154 valence electrons. The number of sulfone groups is 1. The second kappa shape index (κ2) is 7.27. The van der Waals surface area contributed by atoms with Crippen LogP contribution in [0.1, 0.15) is 16.9 Å². The molecule has 1 aromatic heterocycles. The maximum absolute atomic E-state index is 14.3. The Morgan fingerprint density at radius 1 is 1.10 bits per heavy atom. The number of aromatic nitrogens is 1. The molecule has 0 bridgehead atoms. The first-order chi connectivity index (χ1) is 13.4. The van der Waals surface area contributed by atoms with Crippen LogP contribution < -0.4 is 0 Å². The lowest BCUT2D eigenvalue weighted by Gasteiger charge is -2.12. The minimum atomic E-state index is -4.59. The lowest BCUT2D eigenvalue weighted by Crippen LogP contribution is -2.07. The van der Waals surface area contributed by atoms with Crippen molar-refractivity contribution in [1.82, 2.24) is 5.16 Å². The summed E-state index contributed by atoms with van der Waals surface area (Å²) < 4.78 is 82.4. The summed E-state index contributed by atoms with van der Waals surface area (Å²) in [7, 11) is -3.81. The van der Waals surface area contributed by atoms with Crippen molar-refractivity contribution in [3.8, 4) is 22.4 Å². The van der Waals surface area contributed by atoms with Crippen LogP contribution in [0.3, 0.4) is 0 Å². The molecule has 10 heteroatoms. The summed E-state index contributed by atoms with van der Waals surface area (Å²) in [5.41, 5.74) is -0.668. The van der Waals surface area contributed by atoms with E-state index < -0.39 is 38.9 Å². The molecule has 0 aliphatic heterocycles. The van der Waals surface area contributed by atoms with Gasteiger partial charge in [-0.15, -0.1) is 0 Å². The van der Waals surface area contributed by atoms with Crippen molar-refractivity contribution in [3.63, 3.8) is 0 Å². The molecular weight excluding hydrogens is 414 g/mol. The number of aryl methyl sites for hydroxylation is 1. The van der Waals surface area contributed by atoms with Gasteiger partial charge in [0, 0.05) is 11.8 Å². The molecule has 0 unspecified atom stereocenters. The molecule has 3 aromatic rings. The highest BCUT2D eigenvalue weighted by atomic mass is 32.2. The Bertz CT molecular complexity index is 1180. The van der Waals surface area contributed by atoms with Crippen LogP contribution in [0.5, 0.6) is 0 Å². The first-order valence-corrected chi connectivity index (χ1v) is 10.1. The van der Waals surface area contributed by atoms with E-state index in [1.807, 2.05) is 0 Å². The van der Waals surface area contributed by atoms with Gasteiger partial charge in [0.25, 0.3) is 0 Å². The number of nitrogens with zero attached hydrogens (tertiary/aromatic N) is 1. The predicted octanol–water partition coefficient (Wildman–Crippen LogP) is 4.37. The average Bonchev–Trinajstić information content (AvgIpc) is 3.04. The van der Waals surface area contributed by atoms with E-state index in [-0.39, 0.29) is 33.7 Å². The summed E-state index contributed by atoms with van der Waals surface area (Å²) in [6.45, 7) is 0.671. The predicted molar refractivity (Wildman–Crippen MR) is 96.1 cm³/mol. The second-order valence-corrected chi connectivity index (χ2v) is 8.42. The van der Waals surface area contributed by atoms with E-state index >= 15 is 0 Å². The van der Waals surface area contributed by atoms with Gasteiger partial charge in [-0.25, -0.2) is 12.8 Å². The molecule has 1 heterocycles. The lowest BCUT2D eigenvalue weighted by molar-refractivity contribution is -0.138. The van der Waals surface area contributed by atoms with Crippen LogP contribution in [0.4, 0.5) is 17.6 Å². The van der Waals surface area contributed by atoms with Crippen molar-refractivity contribution in [2.24, 2.45) is 0 Å². The average molecular weight is 429 g/mol. The summed E-state index contributed by atoms with van der Waals surface area (Å²) in [5, 5.41) is 13.3. The number of aliphatic hydroxyl groups is 1. The highest BCUT2D eigenvalue weighted by molar-refractivity contribution is 7.90. The zero-order valence-corrected chi connectivity index (χ0v) is 16.0. The van der Waals surface area contributed by atoms with E-state index in [0.717, 1.165) is 24.5 Å². The zero-order valence-electron chi connectivity index (χ0n) is 15.2. The molecule has 0 aliphatic carbocycles. The van der Waals surface area contributed by atoms with Crippen LogP contribution in [-0.2, 0) is 22.6 Å². The summed E-state index contributed by atoms with van der Waals surface area (Å²) in [4.78, 5) is -0.528. The number of aliphatic hydroxyl groups excluding tert-OH is 1. The zero-order chi connectivity index (χ0) is 21.6. The molecule has 0 radical (unpaired) electrons. The molecule has 0 amide bonds. The normalized spacial score (nSPS) is 12.4. The molecule has 0 saturated carbocycles. The Labute approximate surface area is 163 Å². The van der Waals surface area contributed by atoms with Gasteiger partial charge in [0.05, 0.1) is 11.1 Å². The monoisotopic (exact) mass is 429 g/mol. The van der Waals surface area contributed by atoms with Crippen LogP contribution in [0.2, 0.25) is 0 Å². The fourth-order valence-electron chi connectivity index (χ4n) is 2.96. The van der Waals surface area contributed by atoms with Gasteiger partial charge in [-0.2, -0.15) is 13.2 Å². The molecule has 0 aliphatic rings. The maximum atomic E-state index is 14.3. The maximum Gasteiger partial charge on any atom is 0.416 e. The fraction of sp³-hybridized carbons (Fsp3) is 0.211. The Hall–Kier alpha value is -2.72. The van der Waals surface area contributed by atoms with Crippen LogP contribution >= 0.6 is 0 Å². The summed E-state index contributed by atoms with van der Waals surface area (Å²) in [5.74, 6) is -1.14. The topological polar surface area (TPSA) is 80.4 Å². The van der Waals surface area contributed by atoms with E-state index in [2.05, 4.69) is 5.16 Å². The van der Waals surface area contributed by atoms with Crippen molar-refractivity contribution in [2.75, 3.05) is 6.26 Å². The highest BCUT2D eigenvalue weighted by Gasteiger charge is 2.33. The molecule has 0 saturated heterocycles. The Balaban J connectivity index is 2.22. The third kappa shape index (κ3) is 4.03. The quantitative estimate of drug-likeness (QED) is 0.623. The highest BCUT2D eigenvalue weighted by Crippen LogP contribution is 2.39. The molecular formula is C19H15F4NO4S. The van der Waals surface area contributed by atoms with Gasteiger partial charge in [-0.1, -0.05) is 23.4 Å². The van der Waals surface area contributed by atoms with E-state index in [0.29, 0.717) is 0 Å². The van der Waals surface area contributed by atoms with Gasteiger partial charge >= 0.3 is 6.18 Å². The molecule has 1 N–H and O–H groups in total. The SMILES string of the molecule is Cc1ccc(-c2noc(CO)c2-c2ccc(S(C)(=O)=O)c(F)c2)cc1C(F)(F)F. The Morgan fingerprint density at radius 2 is 1.76 bits per heavy atom. The minimum absolute atomic E-state index is 0.0113. The first-order valence-electron chi connectivity index (χ1n) is 8.21. The third-order valence-corrected chi connectivity index (χ3v) is 5.47. The lowest BCUT2D eigenvalue weighted by atomic mass is 9.96. The number of benzene rings is 2. The van der Waals surface area contributed by atoms with Gasteiger partial charge in [-0.05, 0) is 36.2 Å². The second-order valence-electron chi connectivity index (χ2n) is 6.43. The van der Waals surface area contributed by atoms with Crippen LogP contribution in [0, 0.1) is 12.7 Å². The van der Waals surface area contributed by atoms with Gasteiger partial charge in [0.15, 0.2) is 15.6 Å². The molecule has 0 atom stereocenters. The van der Waals surface area contributed by atoms with E-state index in [1.54, 1.807) is 0 Å². The number of halogens is 4. The minimum Gasteiger partial charge on any atom is -0.388 e. The number of rotatable bonds is 4. The molecule has 0 spiro atoms. The summed E-state index contributed by atoms with van der Waals surface area (Å²) in [6.07, 6.45) is -3.74. The van der Waals surface area contributed by atoms with Gasteiger partial charge in [-0.3, -0.25) is 0 Å². The van der Waals surface area contributed by atoms with Gasteiger partial charge in [0.1, 0.15) is 23.0 Å². The van der Waals surface area contributed by atoms with Crippen LogP contribution in [-0.4, -0.2) is 24.9 Å². The van der Waals surface area contributed by atoms with Gasteiger partial charge in [0.2, 0.25) is 0 Å². The smallest absolute Gasteiger partial charge is 0.388 e. The molecule has 5 nitrogen and oxygen atoms in total. The van der Waals surface area contributed by atoms with Crippen LogP contribution in [0.15, 0.2) is 45.8 Å². The van der Waals surface area contributed by atoms with Crippen molar-refractivity contribution in [3.05, 3.63) is 59.1 Å². The van der Waals surface area contributed by atoms with Crippen LogP contribution in [0.25, 0.3) is 22.4 Å². The van der Waals surface area contributed by atoms with E-state index in [4.69, 9.17) is 4.52 Å². The number of alkyl halides is 3. The first kappa shape index (κ1) is 21.0. The summed E-state index contributed by atoms with van der Waals surface area (Å²) >= 11 is 0. The van der Waals surface area contributed by atoms with E-state index in [9.17, 15) is 31.1 Å². The standard InChI is InChI=1S/C19H15F4NO4S/c1-10-3-4-12(7-13(10)19(21,22)23)18-17(15(9-25)28-24-18)11-5-6-16(14(20)8-11)29(2,26)27/h3-8,25H,9H2,1-2H3. The van der Waals surface area contributed by atoms with Crippen molar-refractivity contribution >= 4 is 9.84 Å². The largest absolute Gasteiger partial charge is 0.416 e. The van der Waals surface area contributed by atoms with Gasteiger partial charge < -0.3 is 9.63 Å². The Kier molecular flexibility index (Phi) is 5.26. The number of hydrogen-bond donors (Lipinski definition) is 1. The van der Waals surface area contributed by atoms with Crippen molar-refractivity contribution in [2.45, 2.75) is 24.6 Å². The van der Waals surface area contributed by atoms with Crippen molar-refractivity contribution in [1.29, 1.82) is 0 Å². The third-order valence-electron chi connectivity index (χ3n) is 4.34. The van der Waals surface area contributed by atoms with Crippen molar-refractivity contribution < 1.29 is 35.6 Å². The molecule has 2 aromatic carbocycles. The molecule has 29 heavy (non-hydrogen) atoms. The fourth-order valence-corrected chi connectivity index (χ4v) is 3.69. The summed E-state index contributed by atoms with van der Waals surface area (Å²) in [6, 6.07) is 6.77. The molecule has 0 fully saturated rings. The number of hydrogen-bond acceptors (Lipinski definition) is 5. The van der Waals surface area contributed by atoms with E-state index in [1.165, 1.54) is 25.1 Å².